The van der Waals surface area contributed by atoms with Crippen molar-refractivity contribution in [3.8, 4) is 5.75 Å². The standard InChI is InChI=1S/C16H17N3O3S/c1-3-11-5-4-6-12(9-11)17-16(23)18-14-10-13(19(20)21)7-8-15(14)22-2/h4-10H,3H2,1-2H3,(H2,17,18,23). The van der Waals surface area contributed by atoms with E-state index in [2.05, 4.69) is 17.6 Å². The van der Waals surface area contributed by atoms with E-state index in [9.17, 15) is 10.1 Å². The van der Waals surface area contributed by atoms with Gasteiger partial charge in [0.05, 0.1) is 17.7 Å². The summed E-state index contributed by atoms with van der Waals surface area (Å²) in [6, 6.07) is 12.2. The Balaban J connectivity index is 2.15. The fraction of sp³-hybridized carbons (Fsp3) is 0.188. The van der Waals surface area contributed by atoms with Gasteiger partial charge < -0.3 is 15.4 Å². The Kier molecular flexibility index (Phi) is 5.48. The maximum Gasteiger partial charge on any atom is 0.271 e. The number of aryl methyl sites for hydroxylation is 1. The molecular weight excluding hydrogens is 314 g/mol. The van der Waals surface area contributed by atoms with E-state index in [1.54, 1.807) is 0 Å². The molecule has 2 N–H and O–H groups in total. The number of thiocarbonyl (C=S) groups is 1. The fourth-order valence-corrected chi connectivity index (χ4v) is 2.29. The third kappa shape index (κ3) is 4.40. The van der Waals surface area contributed by atoms with E-state index in [1.165, 1.54) is 30.9 Å². The lowest BCUT2D eigenvalue weighted by Gasteiger charge is -2.13. The molecule has 0 heterocycles. The number of hydrogen-bond donors (Lipinski definition) is 2. The molecule has 0 unspecified atom stereocenters. The molecule has 0 amide bonds. The van der Waals surface area contributed by atoms with Crippen LogP contribution < -0.4 is 15.4 Å². The molecule has 120 valence electrons. The molecule has 0 radical (unpaired) electrons. The molecule has 0 saturated heterocycles. The number of benzene rings is 2. The molecule has 2 aromatic rings. The zero-order valence-electron chi connectivity index (χ0n) is 12.8. The van der Waals surface area contributed by atoms with E-state index in [4.69, 9.17) is 17.0 Å². The van der Waals surface area contributed by atoms with Crippen LogP contribution in [-0.2, 0) is 6.42 Å². The SMILES string of the molecule is CCc1cccc(NC(=S)Nc2cc([N+](=O)[O-])ccc2OC)c1. The summed E-state index contributed by atoms with van der Waals surface area (Å²) in [6.07, 6.45) is 0.925. The van der Waals surface area contributed by atoms with Gasteiger partial charge in [-0.25, -0.2) is 0 Å². The highest BCUT2D eigenvalue weighted by atomic mass is 32.1. The first-order valence-electron chi connectivity index (χ1n) is 7.03. The van der Waals surface area contributed by atoms with Crippen molar-refractivity contribution in [3.63, 3.8) is 0 Å². The molecular formula is C16H17N3O3S. The Morgan fingerprint density at radius 2 is 2.04 bits per heavy atom. The zero-order valence-corrected chi connectivity index (χ0v) is 13.6. The number of anilines is 2. The third-order valence-electron chi connectivity index (χ3n) is 3.24. The molecule has 0 aliphatic heterocycles. The van der Waals surface area contributed by atoms with Gasteiger partial charge in [0, 0.05) is 17.8 Å². The highest BCUT2D eigenvalue weighted by molar-refractivity contribution is 7.80. The number of ether oxygens (including phenoxy) is 1. The zero-order chi connectivity index (χ0) is 16.8. The first-order valence-corrected chi connectivity index (χ1v) is 7.43. The Bertz CT molecular complexity index is 734. The normalized spacial score (nSPS) is 10.0. The molecule has 0 fully saturated rings. The van der Waals surface area contributed by atoms with Crippen LogP contribution in [0.5, 0.6) is 5.75 Å². The summed E-state index contributed by atoms with van der Waals surface area (Å²) in [5.74, 6) is 0.474. The van der Waals surface area contributed by atoms with E-state index in [1.807, 2.05) is 24.3 Å². The van der Waals surface area contributed by atoms with Crippen molar-refractivity contribution in [2.24, 2.45) is 0 Å². The third-order valence-corrected chi connectivity index (χ3v) is 3.44. The Morgan fingerprint density at radius 3 is 2.70 bits per heavy atom. The molecule has 0 spiro atoms. The van der Waals surface area contributed by atoms with Gasteiger partial charge in [-0.15, -0.1) is 0 Å². The second-order valence-electron chi connectivity index (χ2n) is 4.77. The van der Waals surface area contributed by atoms with Crippen LogP contribution in [0.25, 0.3) is 0 Å². The van der Waals surface area contributed by atoms with Crippen LogP contribution in [-0.4, -0.2) is 17.1 Å². The number of methoxy groups -OCH3 is 1. The van der Waals surface area contributed by atoms with E-state index >= 15 is 0 Å². The van der Waals surface area contributed by atoms with Crippen molar-refractivity contribution in [2.75, 3.05) is 17.7 Å². The van der Waals surface area contributed by atoms with Gasteiger partial charge in [0.15, 0.2) is 5.11 Å². The van der Waals surface area contributed by atoms with Crippen molar-refractivity contribution in [1.82, 2.24) is 0 Å². The minimum Gasteiger partial charge on any atom is -0.495 e. The van der Waals surface area contributed by atoms with E-state index in [0.29, 0.717) is 16.5 Å². The number of nitrogens with one attached hydrogen (secondary N) is 2. The summed E-state index contributed by atoms with van der Waals surface area (Å²) in [5.41, 5.74) is 2.44. The lowest BCUT2D eigenvalue weighted by molar-refractivity contribution is -0.384. The summed E-state index contributed by atoms with van der Waals surface area (Å²) in [6.45, 7) is 2.07. The molecule has 0 bridgehead atoms. The van der Waals surface area contributed by atoms with Gasteiger partial charge in [0.1, 0.15) is 5.75 Å². The predicted molar refractivity (Wildman–Crippen MR) is 95.3 cm³/mol. The summed E-state index contributed by atoms with van der Waals surface area (Å²) >= 11 is 5.27. The summed E-state index contributed by atoms with van der Waals surface area (Å²) in [4.78, 5) is 10.4. The quantitative estimate of drug-likeness (QED) is 0.490. The monoisotopic (exact) mass is 331 g/mol. The summed E-state index contributed by atoms with van der Waals surface area (Å²) < 4.78 is 5.20. The smallest absolute Gasteiger partial charge is 0.271 e. The van der Waals surface area contributed by atoms with Crippen molar-refractivity contribution < 1.29 is 9.66 Å². The summed E-state index contributed by atoms with van der Waals surface area (Å²) in [5, 5.41) is 17.2. The summed E-state index contributed by atoms with van der Waals surface area (Å²) in [7, 11) is 1.49. The van der Waals surface area contributed by atoms with Crippen LogP contribution in [0.4, 0.5) is 17.1 Å². The lowest BCUT2D eigenvalue weighted by Crippen LogP contribution is -2.19. The minimum atomic E-state index is -0.466. The van der Waals surface area contributed by atoms with Crippen molar-refractivity contribution in [1.29, 1.82) is 0 Å². The van der Waals surface area contributed by atoms with Crippen molar-refractivity contribution >= 4 is 34.4 Å². The van der Waals surface area contributed by atoms with Gasteiger partial charge in [-0.3, -0.25) is 10.1 Å². The maximum absolute atomic E-state index is 10.9. The molecule has 23 heavy (non-hydrogen) atoms. The second-order valence-corrected chi connectivity index (χ2v) is 5.18. The number of non-ortho nitro benzene ring substituents is 1. The lowest BCUT2D eigenvalue weighted by atomic mass is 10.1. The average molecular weight is 331 g/mol. The van der Waals surface area contributed by atoms with E-state index in [0.717, 1.165) is 12.1 Å². The highest BCUT2D eigenvalue weighted by Gasteiger charge is 2.12. The molecule has 6 nitrogen and oxygen atoms in total. The number of nitro groups is 1. The van der Waals surface area contributed by atoms with Crippen LogP contribution in [0, 0.1) is 10.1 Å². The molecule has 2 aromatic carbocycles. The number of hydrogen-bond acceptors (Lipinski definition) is 4. The number of nitrogens with zero attached hydrogens (tertiary/aromatic N) is 1. The molecule has 0 atom stereocenters. The molecule has 0 aromatic heterocycles. The molecule has 0 aliphatic rings. The van der Waals surface area contributed by atoms with Gasteiger partial charge in [-0.1, -0.05) is 19.1 Å². The van der Waals surface area contributed by atoms with Gasteiger partial charge in [-0.05, 0) is 42.4 Å². The minimum absolute atomic E-state index is 0.0379. The largest absolute Gasteiger partial charge is 0.495 e. The highest BCUT2D eigenvalue weighted by Crippen LogP contribution is 2.29. The van der Waals surface area contributed by atoms with Gasteiger partial charge >= 0.3 is 0 Å². The fourth-order valence-electron chi connectivity index (χ4n) is 2.06. The molecule has 0 saturated carbocycles. The van der Waals surface area contributed by atoms with Gasteiger partial charge in [0.25, 0.3) is 5.69 Å². The molecule has 2 rings (SSSR count). The first-order chi connectivity index (χ1) is 11.0. The topological polar surface area (TPSA) is 76.4 Å². The van der Waals surface area contributed by atoms with Crippen molar-refractivity contribution in [3.05, 3.63) is 58.1 Å². The molecule has 7 heteroatoms. The maximum atomic E-state index is 10.9. The number of rotatable bonds is 5. The first kappa shape index (κ1) is 16.7. The van der Waals surface area contributed by atoms with Crippen molar-refractivity contribution in [2.45, 2.75) is 13.3 Å². The second kappa shape index (κ2) is 7.55. The van der Waals surface area contributed by atoms with Crippen LogP contribution in [0.3, 0.4) is 0 Å². The predicted octanol–water partition coefficient (Wildman–Crippen LogP) is 3.97. The van der Waals surface area contributed by atoms with Crippen LogP contribution in [0.15, 0.2) is 42.5 Å². The van der Waals surface area contributed by atoms with Crippen LogP contribution in [0.1, 0.15) is 12.5 Å². The average Bonchev–Trinajstić information content (AvgIpc) is 2.54. The van der Waals surface area contributed by atoms with Gasteiger partial charge in [-0.2, -0.15) is 0 Å². The van der Waals surface area contributed by atoms with E-state index in [-0.39, 0.29) is 5.69 Å². The Morgan fingerprint density at radius 1 is 1.26 bits per heavy atom. The number of nitro benzene ring substituents is 1. The van der Waals surface area contributed by atoms with Crippen LogP contribution in [0.2, 0.25) is 0 Å². The van der Waals surface area contributed by atoms with E-state index < -0.39 is 4.92 Å². The molecule has 0 aliphatic carbocycles. The van der Waals surface area contributed by atoms with Gasteiger partial charge in [0.2, 0.25) is 0 Å². The Labute approximate surface area is 139 Å². The van der Waals surface area contributed by atoms with Crippen LogP contribution >= 0.6 is 12.2 Å². The Hall–Kier alpha value is -2.67.